The highest BCUT2D eigenvalue weighted by atomic mass is 32.2. The van der Waals surface area contributed by atoms with Crippen LogP contribution in [0.1, 0.15) is 51.4 Å². The molecule has 0 bridgehead atoms. The Kier molecular flexibility index (Phi) is 5.77. The minimum absolute atomic E-state index is 0.0391. The van der Waals surface area contributed by atoms with E-state index in [-0.39, 0.29) is 28.7 Å². The van der Waals surface area contributed by atoms with Crippen molar-refractivity contribution in [3.63, 3.8) is 0 Å². The lowest BCUT2D eigenvalue weighted by atomic mass is 9.76. The molecule has 1 aromatic rings. The van der Waals surface area contributed by atoms with Crippen LogP contribution in [0.4, 0.5) is 0 Å². The van der Waals surface area contributed by atoms with E-state index in [1.165, 1.54) is 17.0 Å². The van der Waals surface area contributed by atoms with Gasteiger partial charge in [0.05, 0.1) is 11.5 Å². The van der Waals surface area contributed by atoms with E-state index in [2.05, 4.69) is 0 Å². The molecule has 2 amide bonds. The Hall–Kier alpha value is -1.73. The monoisotopic (exact) mass is 379 g/mol. The van der Waals surface area contributed by atoms with Crippen LogP contribution in [0, 0.1) is 5.41 Å². The fourth-order valence-electron chi connectivity index (χ4n) is 3.96. The number of carbonyl (C=O) groups is 2. The van der Waals surface area contributed by atoms with Gasteiger partial charge in [-0.2, -0.15) is 8.42 Å². The molecular formula is C19H25NO5S. The number of likely N-dealkylation sites (tertiary alicyclic amines) is 1. The molecule has 3 rings (SSSR count). The minimum Gasteiger partial charge on any atom is -0.283 e. The SMILES string of the molecule is O=C1CC2(CCCC2)CC(=O)N1CCCCOS(=O)(=O)c1ccccc1. The van der Waals surface area contributed by atoms with Crippen LogP contribution >= 0.6 is 0 Å². The fourth-order valence-corrected chi connectivity index (χ4v) is 4.92. The van der Waals surface area contributed by atoms with Gasteiger partial charge in [0.1, 0.15) is 0 Å². The molecule has 0 unspecified atom stereocenters. The average molecular weight is 379 g/mol. The molecule has 1 heterocycles. The lowest BCUT2D eigenvalue weighted by molar-refractivity contribution is -0.153. The summed E-state index contributed by atoms with van der Waals surface area (Å²) in [5.74, 6) is -0.165. The van der Waals surface area contributed by atoms with E-state index < -0.39 is 10.1 Å². The number of hydrogen-bond acceptors (Lipinski definition) is 5. The van der Waals surface area contributed by atoms with Crippen LogP contribution in [0.25, 0.3) is 0 Å². The van der Waals surface area contributed by atoms with E-state index in [0.717, 1.165) is 25.7 Å². The van der Waals surface area contributed by atoms with Gasteiger partial charge in [-0.1, -0.05) is 31.0 Å². The summed E-state index contributed by atoms with van der Waals surface area (Å²) in [6, 6.07) is 7.99. The molecule has 6 nitrogen and oxygen atoms in total. The molecule has 1 aliphatic carbocycles. The number of piperidine rings is 1. The van der Waals surface area contributed by atoms with E-state index >= 15 is 0 Å². The Morgan fingerprint density at radius 3 is 2.19 bits per heavy atom. The lowest BCUT2D eigenvalue weighted by Crippen LogP contribution is -2.47. The lowest BCUT2D eigenvalue weighted by Gasteiger charge is -2.37. The van der Waals surface area contributed by atoms with Gasteiger partial charge in [0, 0.05) is 19.4 Å². The molecule has 1 saturated carbocycles. The molecule has 2 aliphatic rings. The Labute approximate surface area is 154 Å². The maximum atomic E-state index is 12.4. The summed E-state index contributed by atoms with van der Waals surface area (Å²) >= 11 is 0. The van der Waals surface area contributed by atoms with Crippen molar-refractivity contribution in [3.05, 3.63) is 30.3 Å². The summed E-state index contributed by atoms with van der Waals surface area (Å²) < 4.78 is 29.0. The first kappa shape index (κ1) is 19.0. The van der Waals surface area contributed by atoms with Crippen LogP contribution < -0.4 is 0 Å². The Bertz CT molecular complexity index is 733. The highest BCUT2D eigenvalue weighted by molar-refractivity contribution is 7.86. The highest BCUT2D eigenvalue weighted by Crippen LogP contribution is 2.46. The fraction of sp³-hybridized carbons (Fsp3) is 0.579. The molecule has 1 saturated heterocycles. The maximum Gasteiger partial charge on any atom is 0.296 e. The molecule has 2 fully saturated rings. The van der Waals surface area contributed by atoms with Crippen LogP contribution in [0.15, 0.2) is 35.2 Å². The van der Waals surface area contributed by atoms with Crippen LogP contribution in [0.3, 0.4) is 0 Å². The number of nitrogens with zero attached hydrogens (tertiary/aromatic N) is 1. The molecule has 26 heavy (non-hydrogen) atoms. The normalized spacial score (nSPS) is 20.1. The number of imide groups is 1. The standard InChI is InChI=1S/C19H25NO5S/c21-17-14-19(10-4-5-11-19)15-18(22)20(17)12-6-7-13-25-26(23,24)16-8-2-1-3-9-16/h1-3,8-9H,4-7,10-15H2. The molecule has 142 valence electrons. The first-order chi connectivity index (χ1) is 12.4. The minimum atomic E-state index is -3.75. The molecular weight excluding hydrogens is 354 g/mol. The van der Waals surface area contributed by atoms with Gasteiger partial charge in [-0.25, -0.2) is 0 Å². The molecule has 1 spiro atoms. The van der Waals surface area contributed by atoms with Crippen molar-refractivity contribution in [2.24, 2.45) is 5.41 Å². The Morgan fingerprint density at radius 1 is 0.962 bits per heavy atom. The summed E-state index contributed by atoms with van der Waals surface area (Å²) in [7, 11) is -3.75. The van der Waals surface area contributed by atoms with Crippen molar-refractivity contribution in [3.8, 4) is 0 Å². The number of unbranched alkanes of at least 4 members (excludes halogenated alkanes) is 1. The average Bonchev–Trinajstić information content (AvgIpc) is 3.05. The summed E-state index contributed by atoms with van der Waals surface area (Å²) in [6.45, 7) is 0.375. The summed E-state index contributed by atoms with van der Waals surface area (Å²) in [5.41, 5.74) is -0.0858. The molecule has 0 N–H and O–H groups in total. The van der Waals surface area contributed by atoms with E-state index in [1.807, 2.05) is 0 Å². The summed E-state index contributed by atoms with van der Waals surface area (Å²) in [5, 5.41) is 0. The Morgan fingerprint density at radius 2 is 1.58 bits per heavy atom. The van der Waals surface area contributed by atoms with Gasteiger partial charge in [0.2, 0.25) is 11.8 Å². The van der Waals surface area contributed by atoms with Gasteiger partial charge in [0.25, 0.3) is 10.1 Å². The third-order valence-electron chi connectivity index (χ3n) is 5.37. The number of benzene rings is 1. The second-order valence-corrected chi connectivity index (χ2v) is 8.91. The second-order valence-electron chi connectivity index (χ2n) is 7.30. The van der Waals surface area contributed by atoms with Gasteiger partial charge in [-0.3, -0.25) is 18.7 Å². The van der Waals surface area contributed by atoms with Crippen LogP contribution in [-0.2, 0) is 23.9 Å². The third-order valence-corrected chi connectivity index (χ3v) is 6.69. The first-order valence-corrected chi connectivity index (χ1v) is 10.6. The smallest absolute Gasteiger partial charge is 0.283 e. The predicted octanol–water partition coefficient (Wildman–Crippen LogP) is 2.88. The van der Waals surface area contributed by atoms with Crippen molar-refractivity contribution in [2.75, 3.05) is 13.2 Å². The van der Waals surface area contributed by atoms with Crippen molar-refractivity contribution in [1.82, 2.24) is 4.90 Å². The maximum absolute atomic E-state index is 12.4. The zero-order valence-electron chi connectivity index (χ0n) is 14.9. The van der Waals surface area contributed by atoms with E-state index in [0.29, 0.717) is 32.2 Å². The quantitative estimate of drug-likeness (QED) is 0.413. The van der Waals surface area contributed by atoms with E-state index in [9.17, 15) is 18.0 Å². The van der Waals surface area contributed by atoms with E-state index in [1.54, 1.807) is 18.2 Å². The van der Waals surface area contributed by atoms with Crippen molar-refractivity contribution in [2.45, 2.75) is 56.3 Å². The van der Waals surface area contributed by atoms with Gasteiger partial charge in [-0.15, -0.1) is 0 Å². The van der Waals surface area contributed by atoms with Gasteiger partial charge in [0.15, 0.2) is 0 Å². The molecule has 1 aliphatic heterocycles. The molecule has 1 aromatic carbocycles. The predicted molar refractivity (Wildman–Crippen MR) is 95.7 cm³/mol. The summed E-state index contributed by atoms with van der Waals surface area (Å²) in [6.07, 6.45) is 6.10. The molecule has 7 heteroatoms. The van der Waals surface area contributed by atoms with Crippen molar-refractivity contribution >= 4 is 21.9 Å². The zero-order valence-corrected chi connectivity index (χ0v) is 15.7. The number of carbonyl (C=O) groups excluding carboxylic acids is 2. The van der Waals surface area contributed by atoms with Gasteiger partial charge >= 0.3 is 0 Å². The van der Waals surface area contributed by atoms with Crippen LogP contribution in [-0.4, -0.2) is 38.3 Å². The van der Waals surface area contributed by atoms with Crippen LogP contribution in [0.5, 0.6) is 0 Å². The summed E-state index contributed by atoms with van der Waals surface area (Å²) in [4.78, 5) is 26.2. The first-order valence-electron chi connectivity index (χ1n) is 9.20. The molecule has 0 atom stereocenters. The number of amides is 2. The third kappa shape index (κ3) is 4.32. The number of rotatable bonds is 7. The van der Waals surface area contributed by atoms with Crippen molar-refractivity contribution in [1.29, 1.82) is 0 Å². The zero-order chi connectivity index (χ0) is 18.6. The van der Waals surface area contributed by atoms with Crippen molar-refractivity contribution < 1.29 is 22.2 Å². The van der Waals surface area contributed by atoms with Gasteiger partial charge in [-0.05, 0) is 43.2 Å². The topological polar surface area (TPSA) is 80.8 Å². The number of hydrogen-bond donors (Lipinski definition) is 0. The largest absolute Gasteiger partial charge is 0.296 e. The molecule has 0 aromatic heterocycles. The highest BCUT2D eigenvalue weighted by Gasteiger charge is 2.44. The molecule has 0 radical (unpaired) electrons. The van der Waals surface area contributed by atoms with Crippen LogP contribution in [0.2, 0.25) is 0 Å². The van der Waals surface area contributed by atoms with Gasteiger partial charge < -0.3 is 0 Å². The Balaban J connectivity index is 1.43. The van der Waals surface area contributed by atoms with E-state index in [4.69, 9.17) is 4.18 Å². The second kappa shape index (κ2) is 7.88.